The number of alkyl halides is 2. The van der Waals surface area contributed by atoms with E-state index in [0.29, 0.717) is 11.8 Å². The van der Waals surface area contributed by atoms with E-state index in [2.05, 4.69) is 32.0 Å². The molecule has 120 valence electrons. The van der Waals surface area contributed by atoms with Crippen molar-refractivity contribution in [2.75, 3.05) is 31.5 Å². The SMILES string of the molecule is CCCCCOc1ccc(C)cc1C[NH+](CCCl)CCCl. The summed E-state index contributed by atoms with van der Waals surface area (Å²) in [5.41, 5.74) is 2.53. The van der Waals surface area contributed by atoms with E-state index >= 15 is 0 Å². The lowest BCUT2D eigenvalue weighted by Gasteiger charge is -2.19. The molecule has 21 heavy (non-hydrogen) atoms. The maximum Gasteiger partial charge on any atom is 0.128 e. The summed E-state index contributed by atoms with van der Waals surface area (Å²) in [5, 5.41) is 0. The van der Waals surface area contributed by atoms with E-state index in [-0.39, 0.29) is 0 Å². The van der Waals surface area contributed by atoms with Crippen LogP contribution in [0.2, 0.25) is 0 Å². The number of benzene rings is 1. The molecule has 0 aliphatic heterocycles. The lowest BCUT2D eigenvalue weighted by atomic mass is 10.1. The van der Waals surface area contributed by atoms with E-state index in [4.69, 9.17) is 27.9 Å². The van der Waals surface area contributed by atoms with E-state index in [9.17, 15) is 0 Å². The van der Waals surface area contributed by atoms with Gasteiger partial charge in [0.1, 0.15) is 12.3 Å². The number of ether oxygens (including phenoxy) is 1. The van der Waals surface area contributed by atoms with E-state index < -0.39 is 0 Å². The summed E-state index contributed by atoms with van der Waals surface area (Å²) < 4.78 is 5.97. The van der Waals surface area contributed by atoms with E-state index in [1.165, 1.54) is 28.9 Å². The molecule has 1 rings (SSSR count). The smallest absolute Gasteiger partial charge is 0.128 e. The fourth-order valence-electron chi connectivity index (χ4n) is 2.36. The van der Waals surface area contributed by atoms with Crippen molar-refractivity contribution >= 4 is 23.2 Å². The minimum Gasteiger partial charge on any atom is -0.493 e. The van der Waals surface area contributed by atoms with Crippen LogP contribution in [0.4, 0.5) is 0 Å². The average Bonchev–Trinajstić information content (AvgIpc) is 2.46. The first-order chi connectivity index (χ1) is 10.2. The summed E-state index contributed by atoms with van der Waals surface area (Å²) in [6.07, 6.45) is 3.55. The summed E-state index contributed by atoms with van der Waals surface area (Å²) in [6, 6.07) is 6.43. The summed E-state index contributed by atoms with van der Waals surface area (Å²) >= 11 is 11.8. The van der Waals surface area contributed by atoms with Crippen molar-refractivity contribution in [1.82, 2.24) is 0 Å². The van der Waals surface area contributed by atoms with Crippen molar-refractivity contribution in [2.45, 2.75) is 39.7 Å². The minimum absolute atomic E-state index is 0.657. The van der Waals surface area contributed by atoms with Crippen molar-refractivity contribution < 1.29 is 9.64 Å². The molecule has 0 spiro atoms. The van der Waals surface area contributed by atoms with Gasteiger partial charge in [-0.25, -0.2) is 0 Å². The zero-order valence-corrected chi connectivity index (χ0v) is 14.8. The molecular weight excluding hydrogens is 305 g/mol. The van der Waals surface area contributed by atoms with Crippen LogP contribution in [-0.2, 0) is 6.54 Å². The van der Waals surface area contributed by atoms with Crippen molar-refractivity contribution in [2.24, 2.45) is 0 Å². The molecular formula is C17H28Cl2NO+. The Hall–Kier alpha value is -0.440. The van der Waals surface area contributed by atoms with Crippen molar-refractivity contribution in [3.8, 4) is 5.75 Å². The highest BCUT2D eigenvalue weighted by atomic mass is 35.5. The highest BCUT2D eigenvalue weighted by Crippen LogP contribution is 2.19. The number of rotatable bonds is 11. The Morgan fingerprint density at radius 1 is 1.10 bits per heavy atom. The van der Waals surface area contributed by atoms with Crippen molar-refractivity contribution in [3.63, 3.8) is 0 Å². The van der Waals surface area contributed by atoms with Gasteiger partial charge in [-0.2, -0.15) is 0 Å². The van der Waals surface area contributed by atoms with Gasteiger partial charge in [0.2, 0.25) is 0 Å². The molecule has 0 saturated carbocycles. The molecule has 0 aliphatic rings. The number of aryl methyl sites for hydroxylation is 1. The van der Waals surface area contributed by atoms with E-state index in [0.717, 1.165) is 38.4 Å². The monoisotopic (exact) mass is 332 g/mol. The van der Waals surface area contributed by atoms with Crippen LogP contribution in [0.3, 0.4) is 0 Å². The number of quaternary nitrogens is 1. The largest absolute Gasteiger partial charge is 0.493 e. The molecule has 0 aliphatic carbocycles. The molecule has 0 aromatic heterocycles. The summed E-state index contributed by atoms with van der Waals surface area (Å²) in [6.45, 7) is 7.90. The molecule has 0 radical (unpaired) electrons. The van der Waals surface area contributed by atoms with Gasteiger partial charge in [-0.15, -0.1) is 23.2 Å². The maximum atomic E-state index is 5.97. The summed E-state index contributed by atoms with van der Waals surface area (Å²) in [5.74, 6) is 2.33. The predicted molar refractivity (Wildman–Crippen MR) is 92.0 cm³/mol. The number of unbranched alkanes of at least 4 members (excludes halogenated alkanes) is 2. The van der Waals surface area contributed by atoms with Crippen molar-refractivity contribution in [3.05, 3.63) is 29.3 Å². The highest BCUT2D eigenvalue weighted by molar-refractivity contribution is 6.18. The van der Waals surface area contributed by atoms with Crippen LogP contribution in [0.1, 0.15) is 37.3 Å². The Kier molecular flexibility index (Phi) is 9.90. The van der Waals surface area contributed by atoms with Crippen molar-refractivity contribution in [1.29, 1.82) is 0 Å². The minimum atomic E-state index is 0.657. The van der Waals surface area contributed by atoms with Crippen LogP contribution < -0.4 is 9.64 Å². The quantitative estimate of drug-likeness (QED) is 0.484. The fraction of sp³-hybridized carbons (Fsp3) is 0.647. The van der Waals surface area contributed by atoms with Crippen LogP contribution in [0.15, 0.2) is 18.2 Å². The Labute approximate surface area is 139 Å². The van der Waals surface area contributed by atoms with Gasteiger partial charge in [0, 0.05) is 5.56 Å². The molecule has 4 heteroatoms. The second-order valence-electron chi connectivity index (χ2n) is 5.47. The Balaban J connectivity index is 2.70. The zero-order chi connectivity index (χ0) is 15.5. The van der Waals surface area contributed by atoms with Gasteiger partial charge in [0.05, 0.1) is 31.5 Å². The molecule has 0 bridgehead atoms. The summed E-state index contributed by atoms with van der Waals surface area (Å²) in [7, 11) is 0. The van der Waals surface area contributed by atoms with Crippen LogP contribution in [-0.4, -0.2) is 31.5 Å². The lowest BCUT2D eigenvalue weighted by Crippen LogP contribution is -3.11. The van der Waals surface area contributed by atoms with Gasteiger partial charge in [-0.1, -0.05) is 31.4 Å². The first-order valence-corrected chi connectivity index (χ1v) is 8.96. The second-order valence-corrected chi connectivity index (χ2v) is 6.23. The van der Waals surface area contributed by atoms with Gasteiger partial charge < -0.3 is 9.64 Å². The van der Waals surface area contributed by atoms with Gasteiger partial charge in [0.25, 0.3) is 0 Å². The highest BCUT2D eigenvalue weighted by Gasteiger charge is 2.13. The first kappa shape index (κ1) is 18.6. The number of hydrogen-bond donors (Lipinski definition) is 1. The first-order valence-electron chi connectivity index (χ1n) is 7.89. The molecule has 0 unspecified atom stereocenters. The fourth-order valence-corrected chi connectivity index (χ4v) is 2.89. The molecule has 1 aromatic carbocycles. The molecule has 0 heterocycles. The van der Waals surface area contributed by atoms with E-state index in [1.54, 1.807) is 0 Å². The van der Waals surface area contributed by atoms with Gasteiger partial charge in [-0.3, -0.25) is 0 Å². The van der Waals surface area contributed by atoms with Crippen LogP contribution >= 0.6 is 23.2 Å². The predicted octanol–water partition coefficient (Wildman–Crippen LogP) is 3.43. The Bertz CT molecular complexity index is 392. The Morgan fingerprint density at radius 3 is 2.43 bits per heavy atom. The summed E-state index contributed by atoms with van der Waals surface area (Å²) in [4.78, 5) is 1.41. The molecule has 1 aromatic rings. The van der Waals surface area contributed by atoms with Gasteiger partial charge >= 0.3 is 0 Å². The van der Waals surface area contributed by atoms with Crippen LogP contribution in [0.25, 0.3) is 0 Å². The lowest BCUT2D eigenvalue weighted by molar-refractivity contribution is -0.909. The van der Waals surface area contributed by atoms with Crippen LogP contribution in [0.5, 0.6) is 5.75 Å². The maximum absolute atomic E-state index is 5.97. The number of hydrogen-bond acceptors (Lipinski definition) is 1. The standard InChI is InChI=1S/C17H27Cl2NO/c1-3-4-5-12-21-17-7-6-15(2)13-16(17)14-20(10-8-18)11-9-19/h6-7,13H,3-5,8-12,14H2,1-2H3/p+1. The van der Waals surface area contributed by atoms with Gasteiger partial charge in [-0.05, 0) is 25.5 Å². The van der Waals surface area contributed by atoms with E-state index in [1.807, 2.05) is 0 Å². The average molecular weight is 333 g/mol. The third-order valence-electron chi connectivity index (χ3n) is 3.56. The Morgan fingerprint density at radius 2 is 1.81 bits per heavy atom. The molecule has 0 atom stereocenters. The molecule has 0 saturated heterocycles. The molecule has 2 nitrogen and oxygen atoms in total. The van der Waals surface area contributed by atoms with Crippen LogP contribution in [0, 0.1) is 6.92 Å². The topological polar surface area (TPSA) is 13.7 Å². The number of halogens is 2. The molecule has 1 N–H and O–H groups in total. The third kappa shape index (κ3) is 7.39. The molecule has 0 fully saturated rings. The third-order valence-corrected chi connectivity index (χ3v) is 3.94. The zero-order valence-electron chi connectivity index (χ0n) is 13.3. The number of nitrogens with one attached hydrogen (secondary N) is 1. The molecule has 0 amide bonds. The van der Waals surface area contributed by atoms with Gasteiger partial charge in [0.15, 0.2) is 0 Å². The normalized spacial score (nSPS) is 11.1. The second kappa shape index (κ2) is 11.2.